The number of allylic oxidation sites excluding steroid dienone is 1. The van der Waals surface area contributed by atoms with Crippen molar-refractivity contribution in [2.24, 2.45) is 4.99 Å². The molecule has 0 unspecified atom stereocenters. The van der Waals surface area contributed by atoms with Crippen LogP contribution in [0, 0.1) is 6.92 Å². The Labute approximate surface area is 239 Å². The van der Waals surface area contributed by atoms with E-state index in [1.54, 1.807) is 70.4 Å². The summed E-state index contributed by atoms with van der Waals surface area (Å²) in [5, 5.41) is 9.38. The van der Waals surface area contributed by atoms with Crippen LogP contribution in [0.25, 0.3) is 17.4 Å². The maximum Gasteiger partial charge on any atom is 0.338 e. The number of aromatic nitrogens is 1. The Hall–Kier alpha value is -4.70. The molecule has 1 N–H and O–H groups in total. The van der Waals surface area contributed by atoms with Crippen molar-refractivity contribution in [1.29, 1.82) is 0 Å². The predicted octanol–water partition coefficient (Wildman–Crippen LogP) is 4.46. The minimum atomic E-state index is -1.03. The summed E-state index contributed by atoms with van der Waals surface area (Å²) in [6.07, 6.45) is 1.28. The highest BCUT2D eigenvalue weighted by Gasteiger charge is 2.33. The third-order valence-electron chi connectivity index (χ3n) is 6.67. The molecule has 1 aliphatic heterocycles. The van der Waals surface area contributed by atoms with E-state index in [0.717, 1.165) is 5.56 Å². The van der Waals surface area contributed by atoms with Crippen LogP contribution in [0.1, 0.15) is 54.1 Å². The maximum atomic E-state index is 13.8. The van der Waals surface area contributed by atoms with E-state index in [9.17, 15) is 19.5 Å². The lowest BCUT2D eigenvalue weighted by Gasteiger charge is -2.25. The van der Waals surface area contributed by atoms with Gasteiger partial charge in [-0.05, 0) is 75.2 Å². The fourth-order valence-corrected chi connectivity index (χ4v) is 5.71. The molecular weight excluding hydrogens is 544 g/mol. The van der Waals surface area contributed by atoms with Gasteiger partial charge in [0, 0.05) is 11.6 Å². The van der Waals surface area contributed by atoms with Gasteiger partial charge in [-0.3, -0.25) is 9.36 Å². The number of benzene rings is 2. The van der Waals surface area contributed by atoms with Gasteiger partial charge in [-0.2, -0.15) is 0 Å². The number of esters is 1. The topological polar surface area (TPSA) is 120 Å². The Morgan fingerprint density at radius 3 is 2.49 bits per heavy atom. The summed E-state index contributed by atoms with van der Waals surface area (Å²) >= 11 is 1.19. The van der Waals surface area contributed by atoms with Crippen molar-refractivity contribution in [1.82, 2.24) is 4.57 Å². The largest absolute Gasteiger partial charge is 0.497 e. The van der Waals surface area contributed by atoms with Gasteiger partial charge in [0.25, 0.3) is 5.56 Å². The number of methoxy groups -OCH3 is 1. The van der Waals surface area contributed by atoms with Gasteiger partial charge < -0.3 is 19.0 Å². The number of rotatable bonds is 7. The van der Waals surface area contributed by atoms with Crippen molar-refractivity contribution in [3.63, 3.8) is 0 Å². The van der Waals surface area contributed by atoms with Crippen LogP contribution in [0.4, 0.5) is 0 Å². The number of aromatic carboxylic acids is 1. The number of carbonyl (C=O) groups is 2. The molecule has 2 aromatic heterocycles. The fourth-order valence-electron chi connectivity index (χ4n) is 4.69. The Kier molecular flexibility index (Phi) is 7.51. The Balaban J connectivity index is 1.62. The van der Waals surface area contributed by atoms with E-state index >= 15 is 0 Å². The van der Waals surface area contributed by atoms with Crippen LogP contribution in [-0.4, -0.2) is 34.8 Å². The number of fused-ring (bicyclic) bond motifs is 1. The van der Waals surface area contributed by atoms with E-state index in [2.05, 4.69) is 4.99 Å². The number of hydrogen-bond acceptors (Lipinski definition) is 8. The summed E-state index contributed by atoms with van der Waals surface area (Å²) in [4.78, 5) is 43.6. The second-order valence-corrected chi connectivity index (χ2v) is 10.9. The van der Waals surface area contributed by atoms with Crippen LogP contribution in [0.3, 0.4) is 0 Å². The van der Waals surface area contributed by atoms with Crippen LogP contribution >= 0.6 is 11.3 Å². The Bertz CT molecular complexity index is 1870. The summed E-state index contributed by atoms with van der Waals surface area (Å²) in [6.45, 7) is 7.13. The Morgan fingerprint density at radius 1 is 1.10 bits per heavy atom. The lowest BCUT2D eigenvalue weighted by molar-refractivity contribution is -0.143. The first kappa shape index (κ1) is 27.9. The maximum absolute atomic E-state index is 13.8. The third-order valence-corrected chi connectivity index (χ3v) is 7.65. The monoisotopic (exact) mass is 572 g/mol. The van der Waals surface area contributed by atoms with Gasteiger partial charge in [-0.25, -0.2) is 14.6 Å². The SMILES string of the molecule is COc1ccc([C@H]2C(C(=O)OC(C)C)=C(C)N=c3s/c(=C/c4ccc(-c5cc(C(=O)O)ccc5C)o4)c(=O)n32)cc1. The molecule has 4 aromatic rings. The number of carbonyl (C=O) groups excluding carboxylic acids is 1. The number of carboxylic acid groups (broad SMARTS) is 1. The molecule has 1 aliphatic rings. The number of nitrogens with zero attached hydrogens (tertiary/aromatic N) is 2. The van der Waals surface area contributed by atoms with Crippen molar-refractivity contribution in [3.05, 3.63) is 108 Å². The molecule has 2 aromatic carbocycles. The van der Waals surface area contributed by atoms with E-state index in [0.29, 0.717) is 43.4 Å². The molecule has 5 rings (SSSR count). The zero-order chi connectivity index (χ0) is 29.4. The summed E-state index contributed by atoms with van der Waals surface area (Å²) < 4.78 is 18.7. The van der Waals surface area contributed by atoms with Crippen LogP contribution in [0.5, 0.6) is 5.75 Å². The van der Waals surface area contributed by atoms with Crippen molar-refractivity contribution in [3.8, 4) is 17.1 Å². The van der Waals surface area contributed by atoms with Crippen LogP contribution < -0.4 is 19.6 Å². The normalized spacial score (nSPS) is 15.1. The molecule has 0 bridgehead atoms. The first-order valence-electron chi connectivity index (χ1n) is 12.9. The van der Waals surface area contributed by atoms with E-state index in [1.807, 2.05) is 19.1 Å². The van der Waals surface area contributed by atoms with Crippen LogP contribution in [-0.2, 0) is 9.53 Å². The molecule has 0 saturated carbocycles. The molecule has 0 spiro atoms. The number of carboxylic acids is 1. The second-order valence-electron chi connectivity index (χ2n) is 9.85. The summed E-state index contributed by atoms with van der Waals surface area (Å²) in [7, 11) is 1.57. The molecule has 0 amide bonds. The van der Waals surface area contributed by atoms with E-state index in [1.165, 1.54) is 22.0 Å². The number of ether oxygens (including phenoxy) is 2. The molecule has 9 nitrogen and oxygen atoms in total. The first-order chi connectivity index (χ1) is 19.6. The molecule has 41 heavy (non-hydrogen) atoms. The highest BCUT2D eigenvalue weighted by atomic mass is 32.1. The lowest BCUT2D eigenvalue weighted by atomic mass is 9.96. The number of furan rings is 1. The minimum absolute atomic E-state index is 0.151. The van der Waals surface area contributed by atoms with Gasteiger partial charge in [0.1, 0.15) is 17.3 Å². The summed E-state index contributed by atoms with van der Waals surface area (Å²) in [5.74, 6) is -0.0220. The van der Waals surface area contributed by atoms with E-state index in [-0.39, 0.29) is 22.8 Å². The van der Waals surface area contributed by atoms with Crippen molar-refractivity contribution in [2.75, 3.05) is 7.11 Å². The first-order valence-corrected chi connectivity index (χ1v) is 13.7. The van der Waals surface area contributed by atoms with Gasteiger partial charge in [-0.15, -0.1) is 0 Å². The molecule has 0 aliphatic carbocycles. The minimum Gasteiger partial charge on any atom is -0.497 e. The summed E-state index contributed by atoms with van der Waals surface area (Å²) in [5.41, 5.74) is 2.78. The van der Waals surface area contributed by atoms with E-state index in [4.69, 9.17) is 13.9 Å². The third kappa shape index (κ3) is 5.38. The van der Waals surface area contributed by atoms with E-state index < -0.39 is 18.0 Å². The van der Waals surface area contributed by atoms with Gasteiger partial charge >= 0.3 is 11.9 Å². The van der Waals surface area contributed by atoms with Gasteiger partial charge in [-0.1, -0.05) is 29.5 Å². The zero-order valence-electron chi connectivity index (χ0n) is 23.1. The summed E-state index contributed by atoms with van der Waals surface area (Å²) in [6, 6.07) is 14.7. The van der Waals surface area contributed by atoms with Crippen molar-refractivity contribution >= 4 is 29.4 Å². The smallest absolute Gasteiger partial charge is 0.338 e. The molecular formula is C31H28N2O7S. The van der Waals surface area contributed by atoms with Crippen molar-refractivity contribution < 1.29 is 28.6 Å². The highest BCUT2D eigenvalue weighted by Crippen LogP contribution is 2.32. The predicted molar refractivity (Wildman–Crippen MR) is 154 cm³/mol. The number of hydrogen-bond donors (Lipinski definition) is 1. The fraction of sp³-hybridized carbons (Fsp3) is 0.226. The number of thiazole rings is 1. The number of aryl methyl sites for hydroxylation is 1. The molecule has 10 heteroatoms. The zero-order valence-corrected chi connectivity index (χ0v) is 23.9. The molecule has 3 heterocycles. The quantitative estimate of drug-likeness (QED) is 0.325. The highest BCUT2D eigenvalue weighted by molar-refractivity contribution is 7.07. The average molecular weight is 573 g/mol. The Morgan fingerprint density at radius 2 is 1.83 bits per heavy atom. The lowest BCUT2D eigenvalue weighted by Crippen LogP contribution is -2.40. The van der Waals surface area contributed by atoms with Gasteiger partial charge in [0.2, 0.25) is 0 Å². The van der Waals surface area contributed by atoms with Gasteiger partial charge in [0.15, 0.2) is 4.80 Å². The van der Waals surface area contributed by atoms with Gasteiger partial charge in [0.05, 0.1) is 40.6 Å². The molecule has 0 fully saturated rings. The molecule has 0 radical (unpaired) electrons. The standard InChI is InChI=1S/C31H28N2O7S/c1-16(2)39-30(37)26-18(4)32-31-33(27(26)19-8-10-21(38-5)11-9-19)28(34)25(41-31)15-22-12-13-24(40-22)23-14-20(29(35)36)7-6-17(23)3/h6-16,27H,1-5H3,(H,35,36)/b25-15+/t27-/m0/s1. The van der Waals surface area contributed by atoms with Crippen molar-refractivity contribution in [2.45, 2.75) is 39.8 Å². The molecule has 0 saturated heterocycles. The average Bonchev–Trinajstić information content (AvgIpc) is 3.51. The van der Waals surface area contributed by atoms with Crippen LogP contribution in [0.15, 0.2) is 80.1 Å². The molecule has 1 atom stereocenters. The van der Waals surface area contributed by atoms with Crippen LogP contribution in [0.2, 0.25) is 0 Å². The second kappa shape index (κ2) is 11.1. The molecule has 210 valence electrons.